The third-order valence-electron chi connectivity index (χ3n) is 2.87. The van der Waals surface area contributed by atoms with E-state index in [1.165, 1.54) is 18.2 Å². The Morgan fingerprint density at radius 2 is 1.95 bits per heavy atom. The molecule has 0 spiro atoms. The van der Waals surface area contributed by atoms with E-state index in [9.17, 15) is 14.7 Å². The fourth-order valence-corrected chi connectivity index (χ4v) is 2.00. The molecule has 4 nitrogen and oxygen atoms in total. The van der Waals surface area contributed by atoms with Crippen molar-refractivity contribution in [1.82, 2.24) is 0 Å². The summed E-state index contributed by atoms with van der Waals surface area (Å²) in [5.41, 5.74) is 0.660. The zero-order valence-corrected chi connectivity index (χ0v) is 11.0. The number of carboxylic acid groups (broad SMARTS) is 1. The minimum Gasteiger partial charge on any atom is -0.478 e. The number of carbonyl (C=O) groups excluding carboxylic acids is 1. The molecule has 2 aromatic rings. The fourth-order valence-electron chi connectivity index (χ4n) is 2.00. The standard InChI is InChI=1S/C16H14O4/c1-2-20-15(17)10-9-13-12-6-4-3-5-11(12)7-8-14(13)16(18)19/h3-10H,2H2,1H3,(H,18,19). The van der Waals surface area contributed by atoms with Gasteiger partial charge in [-0.1, -0.05) is 30.3 Å². The largest absolute Gasteiger partial charge is 0.478 e. The summed E-state index contributed by atoms with van der Waals surface area (Å²) < 4.78 is 4.80. The zero-order valence-electron chi connectivity index (χ0n) is 11.0. The van der Waals surface area contributed by atoms with Crippen LogP contribution in [0, 0.1) is 0 Å². The van der Waals surface area contributed by atoms with Crippen molar-refractivity contribution in [1.29, 1.82) is 0 Å². The van der Waals surface area contributed by atoms with Gasteiger partial charge in [0.1, 0.15) is 0 Å². The first-order valence-electron chi connectivity index (χ1n) is 6.23. The highest BCUT2D eigenvalue weighted by molar-refractivity contribution is 6.03. The lowest BCUT2D eigenvalue weighted by molar-refractivity contribution is -0.137. The van der Waals surface area contributed by atoms with Crippen molar-refractivity contribution in [3.63, 3.8) is 0 Å². The van der Waals surface area contributed by atoms with Gasteiger partial charge < -0.3 is 9.84 Å². The summed E-state index contributed by atoms with van der Waals surface area (Å²) in [6.45, 7) is 2.00. The smallest absolute Gasteiger partial charge is 0.336 e. The lowest BCUT2D eigenvalue weighted by Crippen LogP contribution is -2.02. The van der Waals surface area contributed by atoms with Crippen LogP contribution in [-0.2, 0) is 9.53 Å². The number of esters is 1. The summed E-state index contributed by atoms with van der Waals surface area (Å²) >= 11 is 0. The van der Waals surface area contributed by atoms with E-state index < -0.39 is 11.9 Å². The van der Waals surface area contributed by atoms with Gasteiger partial charge in [0.15, 0.2) is 0 Å². The first kappa shape index (κ1) is 13.8. The molecule has 0 aliphatic heterocycles. The van der Waals surface area contributed by atoms with Crippen LogP contribution in [0.15, 0.2) is 42.5 Å². The third-order valence-corrected chi connectivity index (χ3v) is 2.87. The molecule has 0 heterocycles. The highest BCUT2D eigenvalue weighted by Gasteiger charge is 2.11. The third kappa shape index (κ3) is 2.85. The van der Waals surface area contributed by atoms with Crippen LogP contribution in [0.3, 0.4) is 0 Å². The summed E-state index contributed by atoms with van der Waals surface area (Å²) in [4.78, 5) is 22.7. The molecular formula is C16H14O4. The molecule has 102 valence electrons. The zero-order chi connectivity index (χ0) is 14.5. The van der Waals surface area contributed by atoms with Gasteiger partial charge in [0.25, 0.3) is 0 Å². The molecule has 4 heteroatoms. The Bertz CT molecular complexity index is 686. The topological polar surface area (TPSA) is 63.6 Å². The van der Waals surface area contributed by atoms with Gasteiger partial charge in [-0.05, 0) is 35.4 Å². The number of aromatic carboxylic acids is 1. The van der Waals surface area contributed by atoms with Crippen LogP contribution in [0.2, 0.25) is 0 Å². The molecule has 2 aromatic carbocycles. The molecule has 0 aliphatic carbocycles. The molecule has 1 N–H and O–H groups in total. The maximum atomic E-state index is 11.4. The van der Waals surface area contributed by atoms with Crippen molar-refractivity contribution in [3.8, 4) is 0 Å². The van der Waals surface area contributed by atoms with Crippen LogP contribution in [0.5, 0.6) is 0 Å². The molecule has 20 heavy (non-hydrogen) atoms. The number of carbonyl (C=O) groups is 2. The van der Waals surface area contributed by atoms with Crippen LogP contribution >= 0.6 is 0 Å². The summed E-state index contributed by atoms with van der Waals surface area (Å²) in [7, 11) is 0. The maximum Gasteiger partial charge on any atom is 0.336 e. The summed E-state index contributed by atoms with van der Waals surface area (Å²) in [5, 5.41) is 10.9. The van der Waals surface area contributed by atoms with E-state index in [2.05, 4.69) is 0 Å². The molecule has 0 radical (unpaired) electrons. The Labute approximate surface area is 116 Å². The van der Waals surface area contributed by atoms with Gasteiger partial charge in [0.2, 0.25) is 0 Å². The van der Waals surface area contributed by atoms with Gasteiger partial charge in [-0.25, -0.2) is 9.59 Å². The predicted molar refractivity (Wildman–Crippen MR) is 76.6 cm³/mol. The van der Waals surface area contributed by atoms with Crippen LogP contribution in [0.1, 0.15) is 22.8 Å². The molecule has 0 fully saturated rings. The second kappa shape index (κ2) is 6.02. The van der Waals surface area contributed by atoms with Crippen molar-refractivity contribution in [2.75, 3.05) is 6.61 Å². The number of fused-ring (bicyclic) bond motifs is 1. The molecule has 2 rings (SSSR count). The van der Waals surface area contributed by atoms with Gasteiger partial charge in [-0.3, -0.25) is 0 Å². The van der Waals surface area contributed by atoms with E-state index >= 15 is 0 Å². The van der Waals surface area contributed by atoms with E-state index in [0.29, 0.717) is 5.56 Å². The number of rotatable bonds is 4. The van der Waals surface area contributed by atoms with Crippen molar-refractivity contribution >= 4 is 28.8 Å². The van der Waals surface area contributed by atoms with Gasteiger partial charge in [0, 0.05) is 6.08 Å². The highest BCUT2D eigenvalue weighted by Crippen LogP contribution is 2.24. The monoisotopic (exact) mass is 270 g/mol. The molecule has 0 atom stereocenters. The molecule has 0 aliphatic rings. The van der Waals surface area contributed by atoms with Crippen LogP contribution < -0.4 is 0 Å². The van der Waals surface area contributed by atoms with E-state index in [0.717, 1.165) is 10.8 Å². The number of carboxylic acids is 1. The number of benzene rings is 2. The average Bonchev–Trinajstić information content (AvgIpc) is 2.44. The number of hydrogen-bond acceptors (Lipinski definition) is 3. The van der Waals surface area contributed by atoms with Crippen LogP contribution in [-0.4, -0.2) is 23.7 Å². The van der Waals surface area contributed by atoms with Crippen molar-refractivity contribution in [2.45, 2.75) is 6.92 Å². The fraction of sp³-hybridized carbons (Fsp3) is 0.125. The second-order valence-corrected chi connectivity index (χ2v) is 4.14. The van der Waals surface area contributed by atoms with Gasteiger partial charge >= 0.3 is 11.9 Å². The van der Waals surface area contributed by atoms with E-state index in [4.69, 9.17) is 4.74 Å². The first-order chi connectivity index (χ1) is 9.63. The van der Waals surface area contributed by atoms with Gasteiger partial charge in [0.05, 0.1) is 12.2 Å². The summed E-state index contributed by atoms with van der Waals surface area (Å²) in [6, 6.07) is 10.7. The molecule has 0 saturated heterocycles. The average molecular weight is 270 g/mol. The minimum atomic E-state index is -1.03. The summed E-state index contributed by atoms with van der Waals surface area (Å²) in [5.74, 6) is -1.52. The Kier molecular flexibility index (Phi) is 4.15. The normalized spacial score (nSPS) is 10.8. The van der Waals surface area contributed by atoms with E-state index in [-0.39, 0.29) is 12.2 Å². The van der Waals surface area contributed by atoms with E-state index in [1.54, 1.807) is 13.0 Å². The Morgan fingerprint density at radius 1 is 1.20 bits per heavy atom. The van der Waals surface area contributed by atoms with Crippen LogP contribution in [0.4, 0.5) is 0 Å². The van der Waals surface area contributed by atoms with Gasteiger partial charge in [-0.15, -0.1) is 0 Å². The molecule has 0 unspecified atom stereocenters. The highest BCUT2D eigenvalue weighted by atomic mass is 16.5. The minimum absolute atomic E-state index is 0.157. The number of hydrogen-bond donors (Lipinski definition) is 1. The summed E-state index contributed by atoms with van der Waals surface area (Å²) in [6.07, 6.45) is 2.74. The van der Waals surface area contributed by atoms with Crippen molar-refractivity contribution in [3.05, 3.63) is 53.6 Å². The van der Waals surface area contributed by atoms with E-state index in [1.807, 2.05) is 24.3 Å². The Balaban J connectivity index is 2.55. The molecule has 0 aromatic heterocycles. The van der Waals surface area contributed by atoms with Crippen molar-refractivity contribution in [2.24, 2.45) is 0 Å². The Hall–Kier alpha value is -2.62. The van der Waals surface area contributed by atoms with Crippen molar-refractivity contribution < 1.29 is 19.4 Å². The molecule has 0 saturated carbocycles. The van der Waals surface area contributed by atoms with Crippen LogP contribution in [0.25, 0.3) is 16.8 Å². The quantitative estimate of drug-likeness (QED) is 0.685. The predicted octanol–water partition coefficient (Wildman–Crippen LogP) is 3.11. The second-order valence-electron chi connectivity index (χ2n) is 4.14. The Morgan fingerprint density at radius 3 is 2.65 bits per heavy atom. The molecule has 0 amide bonds. The lowest BCUT2D eigenvalue weighted by Gasteiger charge is -2.06. The number of ether oxygens (including phenoxy) is 1. The van der Waals surface area contributed by atoms with Gasteiger partial charge in [-0.2, -0.15) is 0 Å². The maximum absolute atomic E-state index is 11.4. The lowest BCUT2D eigenvalue weighted by atomic mass is 9.98. The molecule has 0 bridgehead atoms. The SMILES string of the molecule is CCOC(=O)C=Cc1c(C(=O)O)ccc2ccccc12. The molecular weight excluding hydrogens is 256 g/mol. The first-order valence-corrected chi connectivity index (χ1v) is 6.23.